The Morgan fingerprint density at radius 2 is 2.21 bits per heavy atom. The van der Waals surface area contributed by atoms with Crippen LogP contribution in [0.2, 0.25) is 0 Å². The van der Waals surface area contributed by atoms with Crippen LogP contribution in [0.15, 0.2) is 24.3 Å². The Balaban J connectivity index is 2.12. The smallest absolute Gasteiger partial charge is 0.254 e. The van der Waals surface area contributed by atoms with E-state index in [9.17, 15) is 4.79 Å². The lowest BCUT2D eigenvalue weighted by Crippen LogP contribution is -2.35. The Morgan fingerprint density at radius 3 is 2.79 bits per heavy atom. The monoisotopic (exact) mass is 262 g/mol. The topological polar surface area (TPSA) is 52.6 Å². The highest BCUT2D eigenvalue weighted by Gasteiger charge is 2.32. The van der Waals surface area contributed by atoms with E-state index in [0.29, 0.717) is 24.2 Å². The second-order valence-corrected chi connectivity index (χ2v) is 5.33. The zero-order valence-electron chi connectivity index (χ0n) is 11.6. The second-order valence-electron chi connectivity index (χ2n) is 5.33. The first kappa shape index (κ1) is 13.9. The molecule has 1 aliphatic carbocycles. The van der Waals surface area contributed by atoms with Crippen molar-refractivity contribution in [1.29, 1.82) is 0 Å². The lowest BCUT2D eigenvalue weighted by Gasteiger charge is -2.22. The van der Waals surface area contributed by atoms with Crippen molar-refractivity contribution in [3.63, 3.8) is 0 Å². The second kappa shape index (κ2) is 6.06. The summed E-state index contributed by atoms with van der Waals surface area (Å²) in [7, 11) is 0. The molecule has 0 heterocycles. The van der Waals surface area contributed by atoms with Gasteiger partial charge in [0.05, 0.1) is 6.61 Å². The van der Waals surface area contributed by atoms with Crippen molar-refractivity contribution < 1.29 is 9.90 Å². The molecule has 1 amide bonds. The first-order valence-electron chi connectivity index (χ1n) is 6.90. The molecule has 0 spiro atoms. The molecule has 104 valence electrons. The molecule has 2 rings (SSSR count). The van der Waals surface area contributed by atoms with E-state index in [2.05, 4.69) is 19.2 Å². The predicted octanol–water partition coefficient (Wildman–Crippen LogP) is 2.10. The van der Waals surface area contributed by atoms with Gasteiger partial charge < -0.3 is 15.3 Å². The Kier molecular flexibility index (Phi) is 4.43. The normalized spacial score (nSPS) is 14.5. The van der Waals surface area contributed by atoms with Crippen LogP contribution < -0.4 is 5.32 Å². The van der Waals surface area contributed by atoms with Crippen molar-refractivity contribution in [2.45, 2.75) is 38.8 Å². The SMILES string of the molecule is CC(C)Nc1cccc(C(=O)N(CCO)C2CC2)c1. The number of carbonyl (C=O) groups is 1. The van der Waals surface area contributed by atoms with Gasteiger partial charge in [0.15, 0.2) is 0 Å². The molecule has 19 heavy (non-hydrogen) atoms. The summed E-state index contributed by atoms with van der Waals surface area (Å²) in [5, 5.41) is 12.4. The number of carbonyl (C=O) groups excluding carboxylic acids is 1. The molecule has 0 unspecified atom stereocenters. The van der Waals surface area contributed by atoms with Crippen molar-refractivity contribution >= 4 is 11.6 Å². The summed E-state index contributed by atoms with van der Waals surface area (Å²) in [4.78, 5) is 14.2. The molecule has 2 N–H and O–H groups in total. The maximum Gasteiger partial charge on any atom is 0.254 e. The van der Waals surface area contributed by atoms with Gasteiger partial charge in [-0.1, -0.05) is 6.07 Å². The van der Waals surface area contributed by atoms with Gasteiger partial charge in [-0.15, -0.1) is 0 Å². The lowest BCUT2D eigenvalue weighted by molar-refractivity contribution is 0.0707. The van der Waals surface area contributed by atoms with Crippen LogP contribution in [0.3, 0.4) is 0 Å². The zero-order chi connectivity index (χ0) is 13.8. The van der Waals surface area contributed by atoms with Gasteiger partial charge >= 0.3 is 0 Å². The van der Waals surface area contributed by atoms with Gasteiger partial charge in [0.1, 0.15) is 0 Å². The Labute approximate surface area is 114 Å². The number of hydrogen-bond acceptors (Lipinski definition) is 3. The maximum atomic E-state index is 12.4. The third-order valence-corrected chi connectivity index (χ3v) is 3.15. The Morgan fingerprint density at radius 1 is 1.47 bits per heavy atom. The van der Waals surface area contributed by atoms with Crippen LogP contribution in [0.1, 0.15) is 37.0 Å². The van der Waals surface area contributed by atoms with Crippen LogP contribution >= 0.6 is 0 Å². The molecule has 1 aromatic rings. The highest BCUT2D eigenvalue weighted by molar-refractivity contribution is 5.95. The highest BCUT2D eigenvalue weighted by Crippen LogP contribution is 2.28. The fraction of sp³-hybridized carbons (Fsp3) is 0.533. The van der Waals surface area contributed by atoms with Crippen LogP contribution in [-0.4, -0.2) is 41.1 Å². The largest absolute Gasteiger partial charge is 0.395 e. The average Bonchev–Trinajstić information content (AvgIpc) is 3.19. The predicted molar refractivity (Wildman–Crippen MR) is 76.3 cm³/mol. The number of benzene rings is 1. The quantitative estimate of drug-likeness (QED) is 0.825. The van der Waals surface area contributed by atoms with Crippen molar-refractivity contribution in [2.75, 3.05) is 18.5 Å². The van der Waals surface area contributed by atoms with E-state index in [1.54, 1.807) is 4.90 Å². The van der Waals surface area contributed by atoms with Crippen molar-refractivity contribution in [1.82, 2.24) is 4.90 Å². The van der Waals surface area contributed by atoms with Gasteiger partial charge in [0, 0.05) is 29.9 Å². The summed E-state index contributed by atoms with van der Waals surface area (Å²) < 4.78 is 0. The summed E-state index contributed by atoms with van der Waals surface area (Å²) in [5.41, 5.74) is 1.64. The molecule has 1 fully saturated rings. The zero-order valence-corrected chi connectivity index (χ0v) is 11.6. The molecule has 0 atom stereocenters. The number of nitrogens with zero attached hydrogens (tertiary/aromatic N) is 1. The molecule has 4 nitrogen and oxygen atoms in total. The minimum absolute atomic E-state index is 0.0176. The Hall–Kier alpha value is -1.55. The Bertz CT molecular complexity index is 442. The van der Waals surface area contributed by atoms with Crippen LogP contribution in [0.5, 0.6) is 0 Å². The molecule has 1 aromatic carbocycles. The van der Waals surface area contributed by atoms with Crippen molar-refractivity contribution in [3.8, 4) is 0 Å². The van der Waals surface area contributed by atoms with Crippen LogP contribution in [0.25, 0.3) is 0 Å². The van der Waals surface area contributed by atoms with E-state index in [-0.39, 0.29) is 12.5 Å². The van der Waals surface area contributed by atoms with Gasteiger partial charge in [0.2, 0.25) is 0 Å². The molecule has 4 heteroatoms. The summed E-state index contributed by atoms with van der Waals surface area (Å²) >= 11 is 0. The molecular weight excluding hydrogens is 240 g/mol. The number of anilines is 1. The summed E-state index contributed by atoms with van der Waals surface area (Å²) in [6.07, 6.45) is 2.10. The van der Waals surface area contributed by atoms with Crippen molar-refractivity contribution in [2.24, 2.45) is 0 Å². The van der Waals surface area contributed by atoms with E-state index in [1.807, 2.05) is 24.3 Å². The van der Waals surface area contributed by atoms with Gasteiger partial charge in [0.25, 0.3) is 5.91 Å². The summed E-state index contributed by atoms with van der Waals surface area (Å²) in [6, 6.07) is 8.23. The molecule has 1 saturated carbocycles. The molecular formula is C15H22N2O2. The van der Waals surface area contributed by atoms with Crippen molar-refractivity contribution in [3.05, 3.63) is 29.8 Å². The minimum atomic E-state index is 0.0176. The third kappa shape index (κ3) is 3.70. The van der Waals surface area contributed by atoms with Gasteiger partial charge in [-0.2, -0.15) is 0 Å². The van der Waals surface area contributed by atoms with Gasteiger partial charge in [-0.3, -0.25) is 4.79 Å². The molecule has 0 radical (unpaired) electrons. The average molecular weight is 262 g/mol. The van der Waals surface area contributed by atoms with Crippen LogP contribution in [0.4, 0.5) is 5.69 Å². The van der Waals surface area contributed by atoms with E-state index < -0.39 is 0 Å². The fourth-order valence-corrected chi connectivity index (χ4v) is 2.19. The number of aliphatic hydroxyl groups excluding tert-OH is 1. The van der Waals surface area contributed by atoms with Gasteiger partial charge in [-0.05, 0) is 44.9 Å². The number of hydrogen-bond donors (Lipinski definition) is 2. The number of rotatable bonds is 6. The molecule has 0 saturated heterocycles. The first-order valence-corrected chi connectivity index (χ1v) is 6.90. The van der Waals surface area contributed by atoms with Crippen LogP contribution in [-0.2, 0) is 0 Å². The highest BCUT2D eigenvalue weighted by atomic mass is 16.3. The number of nitrogens with one attached hydrogen (secondary N) is 1. The fourth-order valence-electron chi connectivity index (χ4n) is 2.19. The summed E-state index contributed by atoms with van der Waals surface area (Å²) in [6.45, 7) is 4.57. The standard InChI is InChI=1S/C15H22N2O2/c1-11(2)16-13-5-3-4-12(10-13)15(19)17(8-9-18)14-6-7-14/h3-5,10-11,14,16,18H,6-9H2,1-2H3. The number of aliphatic hydroxyl groups is 1. The molecule has 1 aliphatic rings. The summed E-state index contributed by atoms with van der Waals surface area (Å²) in [5.74, 6) is 0.0176. The van der Waals surface area contributed by atoms with E-state index in [0.717, 1.165) is 18.5 Å². The van der Waals surface area contributed by atoms with E-state index in [1.165, 1.54) is 0 Å². The van der Waals surface area contributed by atoms with Gasteiger partial charge in [-0.25, -0.2) is 0 Å². The molecule has 0 bridgehead atoms. The third-order valence-electron chi connectivity index (χ3n) is 3.15. The van der Waals surface area contributed by atoms with Crippen LogP contribution in [0, 0.1) is 0 Å². The molecule has 0 aliphatic heterocycles. The first-order chi connectivity index (χ1) is 9.11. The lowest BCUT2D eigenvalue weighted by atomic mass is 10.1. The molecule has 0 aromatic heterocycles. The maximum absolute atomic E-state index is 12.4. The number of amides is 1. The van der Waals surface area contributed by atoms with E-state index >= 15 is 0 Å². The van der Waals surface area contributed by atoms with E-state index in [4.69, 9.17) is 5.11 Å². The minimum Gasteiger partial charge on any atom is -0.395 e.